The molecule has 2 amide bonds. The highest BCUT2D eigenvalue weighted by atomic mass is 32.2. The summed E-state index contributed by atoms with van der Waals surface area (Å²) in [5.74, 6) is -1.50. The molecule has 32 heavy (non-hydrogen) atoms. The smallest absolute Gasteiger partial charge is 0.410 e. The summed E-state index contributed by atoms with van der Waals surface area (Å²) in [6, 6.07) is 3.75. The van der Waals surface area contributed by atoms with Crippen molar-refractivity contribution in [2.45, 2.75) is 63.1 Å². The molecular formula is C21H30N2O8S. The summed E-state index contributed by atoms with van der Waals surface area (Å²) in [6.45, 7) is 6.63. The number of methoxy groups -OCH3 is 1. The molecular weight excluding hydrogens is 440 g/mol. The number of carbonyl (C=O) groups excluding carboxylic acids is 3. The zero-order valence-electron chi connectivity index (χ0n) is 18.9. The number of amides is 2. The molecule has 1 N–H and O–H groups in total. The SMILES string of the molecule is COC(=O)C(COS(=O)(=O)c1ccc(C)cc1)NC(=O)C1CCCN1C(=O)OC(C)(C)C. The van der Waals surface area contributed by atoms with Crippen molar-refractivity contribution < 1.29 is 36.5 Å². The Kier molecular flexibility index (Phi) is 8.24. The van der Waals surface area contributed by atoms with Crippen molar-refractivity contribution in [3.8, 4) is 0 Å². The van der Waals surface area contributed by atoms with Crippen molar-refractivity contribution in [1.29, 1.82) is 0 Å². The molecule has 2 unspecified atom stereocenters. The van der Waals surface area contributed by atoms with Crippen LogP contribution in [0.15, 0.2) is 29.2 Å². The van der Waals surface area contributed by atoms with Crippen LogP contribution >= 0.6 is 0 Å². The van der Waals surface area contributed by atoms with Crippen LogP contribution in [0, 0.1) is 6.92 Å². The van der Waals surface area contributed by atoms with Gasteiger partial charge < -0.3 is 14.8 Å². The third-order valence-electron chi connectivity index (χ3n) is 4.69. The van der Waals surface area contributed by atoms with Gasteiger partial charge in [-0.1, -0.05) is 17.7 Å². The Morgan fingerprint density at radius 3 is 2.38 bits per heavy atom. The molecule has 1 saturated heterocycles. The van der Waals surface area contributed by atoms with E-state index in [0.717, 1.165) is 12.7 Å². The maximum atomic E-state index is 12.8. The number of likely N-dealkylation sites (tertiary alicyclic amines) is 1. The first-order chi connectivity index (χ1) is 14.8. The van der Waals surface area contributed by atoms with E-state index < -0.39 is 52.4 Å². The van der Waals surface area contributed by atoms with Crippen molar-refractivity contribution in [1.82, 2.24) is 10.2 Å². The fourth-order valence-electron chi connectivity index (χ4n) is 3.09. The first-order valence-electron chi connectivity index (χ1n) is 10.2. The highest BCUT2D eigenvalue weighted by Crippen LogP contribution is 2.21. The van der Waals surface area contributed by atoms with E-state index in [9.17, 15) is 22.8 Å². The van der Waals surface area contributed by atoms with Gasteiger partial charge in [0.2, 0.25) is 5.91 Å². The molecule has 0 bridgehead atoms. The molecule has 1 aromatic rings. The standard InChI is InChI=1S/C21H30N2O8S/c1-14-8-10-15(11-9-14)32(27,28)30-13-16(19(25)29-5)22-18(24)17-7-6-12-23(17)20(26)31-21(2,3)4/h8-11,16-17H,6-7,12-13H2,1-5H3,(H,22,24). The number of esters is 1. The number of ether oxygens (including phenoxy) is 2. The second kappa shape index (κ2) is 10.3. The quantitative estimate of drug-likeness (QED) is 0.472. The predicted octanol–water partition coefficient (Wildman–Crippen LogP) is 1.76. The monoisotopic (exact) mass is 470 g/mol. The number of nitrogens with one attached hydrogen (secondary N) is 1. The van der Waals surface area contributed by atoms with Gasteiger partial charge in [0.15, 0.2) is 6.04 Å². The molecule has 2 rings (SSSR count). The topological polar surface area (TPSA) is 128 Å². The Hall–Kier alpha value is -2.66. The zero-order chi connectivity index (χ0) is 24.1. The molecule has 1 aliphatic heterocycles. The number of aryl methyl sites for hydroxylation is 1. The fourth-order valence-corrected chi connectivity index (χ4v) is 4.01. The first-order valence-corrected chi connectivity index (χ1v) is 11.6. The van der Waals surface area contributed by atoms with E-state index in [4.69, 9.17) is 8.92 Å². The molecule has 2 atom stereocenters. The molecule has 1 fully saturated rings. The van der Waals surface area contributed by atoms with Gasteiger partial charge in [0.05, 0.1) is 18.6 Å². The third kappa shape index (κ3) is 6.92. The summed E-state index contributed by atoms with van der Waals surface area (Å²) in [4.78, 5) is 38.6. The minimum Gasteiger partial charge on any atom is -0.467 e. The van der Waals surface area contributed by atoms with Gasteiger partial charge in [-0.15, -0.1) is 0 Å². The minimum atomic E-state index is -4.16. The van der Waals surface area contributed by atoms with E-state index >= 15 is 0 Å². The molecule has 0 aromatic heterocycles. The lowest BCUT2D eigenvalue weighted by atomic mass is 10.2. The van der Waals surface area contributed by atoms with Gasteiger partial charge >= 0.3 is 12.1 Å². The molecule has 11 heteroatoms. The van der Waals surface area contributed by atoms with Gasteiger partial charge in [-0.2, -0.15) is 8.42 Å². The van der Waals surface area contributed by atoms with Crippen molar-refractivity contribution in [2.75, 3.05) is 20.3 Å². The molecule has 0 radical (unpaired) electrons. The van der Waals surface area contributed by atoms with E-state index in [2.05, 4.69) is 10.1 Å². The minimum absolute atomic E-state index is 0.0788. The zero-order valence-corrected chi connectivity index (χ0v) is 19.7. The lowest BCUT2D eigenvalue weighted by Gasteiger charge is -2.28. The number of hydrogen-bond donors (Lipinski definition) is 1. The first kappa shape index (κ1) is 25.6. The number of benzene rings is 1. The summed E-state index contributed by atoms with van der Waals surface area (Å²) in [5.41, 5.74) is 0.141. The normalized spacial score (nSPS) is 17.5. The Bertz CT molecular complexity index is 938. The second-order valence-electron chi connectivity index (χ2n) is 8.47. The van der Waals surface area contributed by atoms with Gasteiger partial charge in [0, 0.05) is 6.54 Å². The lowest BCUT2D eigenvalue weighted by Crippen LogP contribution is -2.53. The maximum Gasteiger partial charge on any atom is 0.410 e. The van der Waals surface area contributed by atoms with E-state index in [0.29, 0.717) is 19.4 Å². The van der Waals surface area contributed by atoms with Crippen LogP contribution in [0.1, 0.15) is 39.2 Å². The van der Waals surface area contributed by atoms with Crippen LogP contribution in [-0.4, -0.2) is 69.2 Å². The molecule has 0 spiro atoms. The maximum absolute atomic E-state index is 12.8. The van der Waals surface area contributed by atoms with Crippen LogP contribution in [0.3, 0.4) is 0 Å². The Labute approximate surface area is 188 Å². The summed E-state index contributed by atoms with van der Waals surface area (Å²) < 4.78 is 39.8. The third-order valence-corrected chi connectivity index (χ3v) is 5.98. The van der Waals surface area contributed by atoms with E-state index in [1.54, 1.807) is 32.9 Å². The fraction of sp³-hybridized carbons (Fsp3) is 0.571. The second-order valence-corrected chi connectivity index (χ2v) is 10.1. The molecule has 178 valence electrons. The molecule has 0 aliphatic carbocycles. The lowest BCUT2D eigenvalue weighted by molar-refractivity contribution is -0.146. The molecule has 0 saturated carbocycles. The van der Waals surface area contributed by atoms with Crippen molar-refractivity contribution in [2.24, 2.45) is 0 Å². The number of rotatable bonds is 7. The summed E-state index contributed by atoms with van der Waals surface area (Å²) in [5, 5.41) is 2.44. The van der Waals surface area contributed by atoms with Crippen LogP contribution in [0.25, 0.3) is 0 Å². The van der Waals surface area contributed by atoms with Gasteiger partial charge in [0.1, 0.15) is 11.6 Å². The molecule has 10 nitrogen and oxygen atoms in total. The van der Waals surface area contributed by atoms with E-state index in [-0.39, 0.29) is 4.90 Å². The highest BCUT2D eigenvalue weighted by Gasteiger charge is 2.38. The van der Waals surface area contributed by atoms with Crippen molar-refractivity contribution in [3.63, 3.8) is 0 Å². The average molecular weight is 471 g/mol. The molecule has 1 heterocycles. The summed E-state index contributed by atoms with van der Waals surface area (Å²) >= 11 is 0. The Morgan fingerprint density at radius 1 is 1.19 bits per heavy atom. The Balaban J connectivity index is 2.08. The van der Waals surface area contributed by atoms with Crippen LogP contribution < -0.4 is 5.32 Å². The van der Waals surface area contributed by atoms with E-state index in [1.807, 2.05) is 6.92 Å². The summed E-state index contributed by atoms with van der Waals surface area (Å²) in [6.07, 6.45) is 0.322. The van der Waals surface area contributed by atoms with Gasteiger partial charge in [-0.3, -0.25) is 13.9 Å². The van der Waals surface area contributed by atoms with Crippen LogP contribution in [-0.2, 0) is 33.4 Å². The number of hydrogen-bond acceptors (Lipinski definition) is 8. The van der Waals surface area contributed by atoms with Crippen molar-refractivity contribution in [3.05, 3.63) is 29.8 Å². The molecule has 1 aliphatic rings. The average Bonchev–Trinajstić information content (AvgIpc) is 3.19. The van der Waals surface area contributed by atoms with Crippen LogP contribution in [0.5, 0.6) is 0 Å². The molecule has 1 aromatic carbocycles. The highest BCUT2D eigenvalue weighted by molar-refractivity contribution is 7.86. The van der Waals surface area contributed by atoms with Gasteiger partial charge in [-0.25, -0.2) is 9.59 Å². The predicted molar refractivity (Wildman–Crippen MR) is 114 cm³/mol. The number of carbonyl (C=O) groups is 3. The van der Waals surface area contributed by atoms with E-state index in [1.165, 1.54) is 17.0 Å². The van der Waals surface area contributed by atoms with Gasteiger partial charge in [-0.05, 0) is 52.7 Å². The largest absolute Gasteiger partial charge is 0.467 e. The number of nitrogens with zero attached hydrogens (tertiary/aromatic N) is 1. The van der Waals surface area contributed by atoms with Crippen LogP contribution in [0.4, 0.5) is 4.79 Å². The Morgan fingerprint density at radius 2 is 1.81 bits per heavy atom. The van der Waals surface area contributed by atoms with Crippen LogP contribution in [0.2, 0.25) is 0 Å². The van der Waals surface area contributed by atoms with Crippen molar-refractivity contribution >= 4 is 28.1 Å². The summed E-state index contributed by atoms with van der Waals surface area (Å²) in [7, 11) is -3.05. The van der Waals surface area contributed by atoms with Gasteiger partial charge in [0.25, 0.3) is 10.1 Å².